The van der Waals surface area contributed by atoms with Crippen molar-refractivity contribution in [2.24, 2.45) is 14.1 Å². The van der Waals surface area contributed by atoms with Gasteiger partial charge in [-0.05, 0) is 53.0 Å². The van der Waals surface area contributed by atoms with E-state index in [1.807, 2.05) is 65.6 Å². The standard InChI is InChI=1S/C20H27N7O2.C15H19N7/c1-20(2,3)29-19(28)26-7-5-6-13(12-26)16-8-17(21)27-18(24-16)15(10-23-27)14-9-22-25(4)11-14;1-21-9-11(7-18-21)12-8-19-22-14(16)5-13(20-15(12)22)10-3-2-4-17-6-10/h8-11,13H,5-7,12,21H2,1-4H3;5,7-10,17H,2-4,6,16H2,1H3/t13-;10-/m11/s1. The van der Waals surface area contributed by atoms with Crippen molar-refractivity contribution in [1.82, 2.24) is 59.0 Å². The van der Waals surface area contributed by atoms with Crippen LogP contribution in [0.15, 0.2) is 49.3 Å². The van der Waals surface area contributed by atoms with Gasteiger partial charge in [0.15, 0.2) is 11.3 Å². The van der Waals surface area contributed by atoms with Gasteiger partial charge in [0.2, 0.25) is 0 Å². The second-order valence-electron chi connectivity index (χ2n) is 14.4. The zero-order valence-electron chi connectivity index (χ0n) is 29.8. The molecule has 1 amide bonds. The maximum Gasteiger partial charge on any atom is 0.410 e. The first kappa shape index (κ1) is 34.0. The van der Waals surface area contributed by atoms with Crippen molar-refractivity contribution >= 4 is 29.0 Å². The van der Waals surface area contributed by atoms with Gasteiger partial charge in [0.1, 0.15) is 17.2 Å². The number of fused-ring (bicyclic) bond motifs is 2. The first-order valence-corrected chi connectivity index (χ1v) is 17.4. The average molecular weight is 695 g/mol. The summed E-state index contributed by atoms with van der Waals surface area (Å²) in [5.41, 5.74) is 19.1. The molecule has 16 heteroatoms. The van der Waals surface area contributed by atoms with Crippen LogP contribution in [0.1, 0.15) is 69.7 Å². The number of likely N-dealkylation sites (tertiary alicyclic amines) is 1. The topological polar surface area (TPSA) is 190 Å². The van der Waals surface area contributed by atoms with E-state index >= 15 is 0 Å². The Labute approximate surface area is 295 Å². The highest BCUT2D eigenvalue weighted by atomic mass is 16.6. The normalized spacial score (nSPS) is 18.2. The van der Waals surface area contributed by atoms with E-state index < -0.39 is 5.60 Å². The van der Waals surface area contributed by atoms with Crippen LogP contribution in [0, 0.1) is 0 Å². The molecule has 0 aromatic carbocycles. The zero-order chi connectivity index (χ0) is 35.9. The molecule has 2 aliphatic rings. The van der Waals surface area contributed by atoms with Gasteiger partial charge >= 0.3 is 6.09 Å². The number of amides is 1. The second-order valence-corrected chi connectivity index (χ2v) is 14.4. The van der Waals surface area contributed by atoms with E-state index in [1.54, 1.807) is 41.9 Å². The molecule has 8 rings (SSSR count). The molecule has 0 saturated carbocycles. The molecule has 2 saturated heterocycles. The predicted octanol–water partition coefficient (Wildman–Crippen LogP) is 4.01. The van der Waals surface area contributed by atoms with Crippen molar-refractivity contribution in [3.63, 3.8) is 0 Å². The Morgan fingerprint density at radius 1 is 0.804 bits per heavy atom. The van der Waals surface area contributed by atoms with Gasteiger partial charge in [-0.2, -0.15) is 29.4 Å². The number of nitrogens with two attached hydrogens (primary N) is 2. The molecule has 0 spiro atoms. The number of aryl methyl sites for hydroxylation is 2. The largest absolute Gasteiger partial charge is 0.444 e. The highest BCUT2D eigenvalue weighted by Crippen LogP contribution is 2.32. The summed E-state index contributed by atoms with van der Waals surface area (Å²) in [5.74, 6) is 1.66. The lowest BCUT2D eigenvalue weighted by atomic mass is 9.94. The van der Waals surface area contributed by atoms with Crippen molar-refractivity contribution in [2.75, 3.05) is 37.6 Å². The van der Waals surface area contributed by atoms with Gasteiger partial charge in [-0.1, -0.05) is 0 Å². The number of anilines is 2. The van der Waals surface area contributed by atoms with E-state index in [-0.39, 0.29) is 12.0 Å². The minimum Gasteiger partial charge on any atom is -0.444 e. The van der Waals surface area contributed by atoms with Crippen LogP contribution in [-0.4, -0.2) is 91.5 Å². The molecule has 2 atom stereocenters. The van der Waals surface area contributed by atoms with Gasteiger partial charge in [0.25, 0.3) is 0 Å². The molecule has 6 aromatic heterocycles. The fourth-order valence-corrected chi connectivity index (χ4v) is 6.77. The molecule has 268 valence electrons. The number of nitrogens with zero attached hydrogens (tertiary/aromatic N) is 11. The number of carbonyl (C=O) groups excluding carboxylic acids is 1. The van der Waals surface area contributed by atoms with E-state index in [4.69, 9.17) is 26.2 Å². The van der Waals surface area contributed by atoms with Gasteiger partial charge in [0.05, 0.1) is 36.2 Å². The van der Waals surface area contributed by atoms with Gasteiger partial charge in [-0.25, -0.2) is 14.8 Å². The Morgan fingerprint density at radius 3 is 1.84 bits per heavy atom. The Kier molecular flexibility index (Phi) is 9.10. The highest BCUT2D eigenvalue weighted by Gasteiger charge is 2.30. The number of ether oxygens (including phenoxy) is 1. The molecular formula is C35H46N14O2. The van der Waals surface area contributed by atoms with Crippen LogP contribution >= 0.6 is 0 Å². The van der Waals surface area contributed by atoms with Crippen LogP contribution in [0.25, 0.3) is 33.5 Å². The quantitative estimate of drug-likeness (QED) is 0.242. The van der Waals surface area contributed by atoms with E-state index in [0.29, 0.717) is 36.3 Å². The molecule has 16 nitrogen and oxygen atoms in total. The molecule has 0 radical (unpaired) electrons. The molecule has 5 N–H and O–H groups in total. The first-order chi connectivity index (χ1) is 24.4. The van der Waals surface area contributed by atoms with E-state index in [1.165, 1.54) is 6.42 Å². The smallest absolute Gasteiger partial charge is 0.410 e. The number of nitrogen functional groups attached to an aromatic ring is 2. The third-order valence-electron chi connectivity index (χ3n) is 9.28. The summed E-state index contributed by atoms with van der Waals surface area (Å²) < 4.78 is 12.4. The summed E-state index contributed by atoms with van der Waals surface area (Å²) in [6.07, 6.45) is 14.9. The maximum absolute atomic E-state index is 12.5. The number of carbonyl (C=O) groups is 1. The Morgan fingerprint density at radius 2 is 1.35 bits per heavy atom. The summed E-state index contributed by atoms with van der Waals surface area (Å²) in [7, 11) is 3.77. The minimum absolute atomic E-state index is 0.0974. The van der Waals surface area contributed by atoms with E-state index in [2.05, 4.69) is 25.7 Å². The van der Waals surface area contributed by atoms with Gasteiger partial charge < -0.3 is 26.4 Å². The SMILES string of the molecule is Cn1cc(-c2cnn3c(N)cc([C@@H]4CCCN(C(=O)OC(C)(C)C)C4)nc23)cn1.Cn1cc(-c2cnn3c(N)cc([C@@H]4CCCNC4)nc23)cn1. The Balaban J connectivity index is 0.000000165. The second kappa shape index (κ2) is 13.7. The number of rotatable bonds is 4. The third kappa shape index (κ3) is 7.22. The molecule has 6 aromatic rings. The van der Waals surface area contributed by atoms with Crippen molar-refractivity contribution in [2.45, 2.75) is 63.9 Å². The number of hydrogen-bond acceptors (Lipinski definition) is 11. The molecule has 8 heterocycles. The summed E-state index contributed by atoms with van der Waals surface area (Å²) >= 11 is 0. The van der Waals surface area contributed by atoms with Crippen LogP contribution in [-0.2, 0) is 18.8 Å². The molecule has 0 aliphatic carbocycles. The van der Waals surface area contributed by atoms with Crippen molar-refractivity contribution in [3.8, 4) is 22.3 Å². The summed E-state index contributed by atoms with van der Waals surface area (Å²) in [6.45, 7) is 8.93. The molecule has 0 bridgehead atoms. The lowest BCUT2D eigenvalue weighted by Gasteiger charge is -2.34. The van der Waals surface area contributed by atoms with E-state index in [0.717, 1.165) is 71.6 Å². The third-order valence-corrected chi connectivity index (χ3v) is 9.28. The van der Waals surface area contributed by atoms with Gasteiger partial charge in [-0.3, -0.25) is 9.36 Å². The highest BCUT2D eigenvalue weighted by molar-refractivity contribution is 5.78. The fraction of sp³-hybridized carbons (Fsp3) is 0.457. The van der Waals surface area contributed by atoms with Crippen LogP contribution in [0.2, 0.25) is 0 Å². The molecular weight excluding hydrogens is 648 g/mol. The van der Waals surface area contributed by atoms with E-state index in [9.17, 15) is 4.79 Å². The molecule has 51 heavy (non-hydrogen) atoms. The van der Waals surface area contributed by atoms with Crippen LogP contribution in [0.3, 0.4) is 0 Å². The Bertz CT molecular complexity index is 2160. The van der Waals surface area contributed by atoms with Gasteiger partial charge in [-0.15, -0.1) is 0 Å². The summed E-state index contributed by atoms with van der Waals surface area (Å²) in [4.78, 5) is 24.0. The molecule has 2 aliphatic heterocycles. The Hall–Kier alpha value is -5.51. The number of aromatic nitrogens is 10. The van der Waals surface area contributed by atoms with Crippen LogP contribution in [0.4, 0.5) is 16.4 Å². The summed E-state index contributed by atoms with van der Waals surface area (Å²) in [5, 5.41) is 20.6. The lowest BCUT2D eigenvalue weighted by molar-refractivity contribution is 0.0197. The molecule has 0 unspecified atom stereocenters. The monoisotopic (exact) mass is 694 g/mol. The van der Waals surface area contributed by atoms with Gasteiger partial charge in [0, 0.05) is 92.3 Å². The maximum atomic E-state index is 12.5. The zero-order valence-corrected chi connectivity index (χ0v) is 29.8. The van der Waals surface area contributed by atoms with Crippen LogP contribution in [0.5, 0.6) is 0 Å². The summed E-state index contributed by atoms with van der Waals surface area (Å²) in [6, 6.07) is 3.81. The number of piperidine rings is 2. The number of nitrogens with one attached hydrogen (secondary N) is 1. The van der Waals surface area contributed by atoms with Crippen LogP contribution < -0.4 is 16.8 Å². The molecule has 2 fully saturated rings. The minimum atomic E-state index is -0.512. The lowest BCUT2D eigenvalue weighted by Crippen LogP contribution is -2.42. The van der Waals surface area contributed by atoms with Crippen molar-refractivity contribution in [3.05, 3.63) is 60.7 Å². The average Bonchev–Trinajstić information content (AvgIpc) is 3.91. The number of hydrogen-bond donors (Lipinski definition) is 3. The van der Waals surface area contributed by atoms with Crippen molar-refractivity contribution in [1.29, 1.82) is 0 Å². The first-order valence-electron chi connectivity index (χ1n) is 17.4. The van der Waals surface area contributed by atoms with Crippen molar-refractivity contribution < 1.29 is 9.53 Å². The predicted molar refractivity (Wildman–Crippen MR) is 194 cm³/mol. The fourth-order valence-electron chi connectivity index (χ4n) is 6.77.